The van der Waals surface area contributed by atoms with Crippen LogP contribution in [0.15, 0.2) is 21.7 Å². The Hall–Kier alpha value is -2.36. The van der Waals surface area contributed by atoms with Crippen LogP contribution in [0.25, 0.3) is 0 Å². The highest BCUT2D eigenvalue weighted by Gasteiger charge is 2.13. The maximum atomic E-state index is 11.2. The number of esters is 1. The van der Waals surface area contributed by atoms with E-state index in [-0.39, 0.29) is 12.3 Å². The van der Waals surface area contributed by atoms with Crippen molar-refractivity contribution in [2.24, 2.45) is 0 Å². The van der Waals surface area contributed by atoms with Gasteiger partial charge in [0.15, 0.2) is 0 Å². The average Bonchev–Trinajstić information content (AvgIpc) is 3.05. The zero-order valence-corrected chi connectivity index (χ0v) is 11.2. The fourth-order valence-electron chi connectivity index (χ4n) is 1.29. The van der Waals surface area contributed by atoms with Gasteiger partial charge in [-0.25, -0.2) is 9.48 Å². The molecule has 0 fully saturated rings. The van der Waals surface area contributed by atoms with E-state index in [4.69, 9.17) is 9.52 Å². The first-order valence-electron chi connectivity index (χ1n) is 5.38. The zero-order valence-electron chi connectivity index (χ0n) is 10.3. The van der Waals surface area contributed by atoms with Gasteiger partial charge < -0.3 is 14.3 Å². The number of tetrazole rings is 1. The van der Waals surface area contributed by atoms with Crippen LogP contribution in [0.4, 0.5) is 0 Å². The molecular weight excluding hydrogens is 288 g/mol. The number of ether oxygens (including phenoxy) is 1. The molecule has 0 bridgehead atoms. The van der Waals surface area contributed by atoms with E-state index in [0.717, 1.165) is 0 Å². The number of nitrogens with zero attached hydrogens (tertiary/aromatic N) is 4. The Morgan fingerprint density at radius 2 is 2.30 bits per heavy atom. The second-order valence-electron chi connectivity index (χ2n) is 3.56. The third-order valence-corrected chi connectivity index (χ3v) is 3.20. The summed E-state index contributed by atoms with van der Waals surface area (Å²) in [6.45, 7) is -0.0929. The van der Waals surface area contributed by atoms with Gasteiger partial charge >= 0.3 is 11.9 Å². The summed E-state index contributed by atoms with van der Waals surface area (Å²) in [7, 11) is 1.27. The molecule has 0 amide bonds. The Morgan fingerprint density at radius 1 is 1.50 bits per heavy atom. The monoisotopic (exact) mass is 298 g/mol. The minimum absolute atomic E-state index is 0.0929. The zero-order chi connectivity index (χ0) is 14.5. The van der Waals surface area contributed by atoms with Crippen molar-refractivity contribution in [1.29, 1.82) is 0 Å². The Labute approximate surface area is 116 Å². The maximum Gasteiger partial charge on any atom is 0.371 e. The van der Waals surface area contributed by atoms with Crippen molar-refractivity contribution in [1.82, 2.24) is 20.2 Å². The standard InChI is InChI=1S/C10H10N4O5S/c1-18-8(15)4-14-10(11-12-13-14)20-5-6-2-3-7(19-6)9(16)17/h2-3H,4-5H2,1H3,(H,16,17). The van der Waals surface area contributed by atoms with Gasteiger partial charge in [-0.05, 0) is 22.6 Å². The van der Waals surface area contributed by atoms with Gasteiger partial charge in [0.1, 0.15) is 12.3 Å². The highest BCUT2D eigenvalue weighted by Crippen LogP contribution is 2.21. The van der Waals surface area contributed by atoms with Crippen LogP contribution in [0.1, 0.15) is 16.3 Å². The van der Waals surface area contributed by atoms with Crippen LogP contribution in [0.2, 0.25) is 0 Å². The first-order valence-corrected chi connectivity index (χ1v) is 6.36. The van der Waals surface area contributed by atoms with E-state index in [2.05, 4.69) is 20.3 Å². The smallest absolute Gasteiger partial charge is 0.371 e. The molecule has 0 spiro atoms. The van der Waals surface area contributed by atoms with E-state index in [1.54, 1.807) is 6.07 Å². The highest BCUT2D eigenvalue weighted by atomic mass is 32.2. The van der Waals surface area contributed by atoms with Crippen LogP contribution in [0, 0.1) is 0 Å². The van der Waals surface area contributed by atoms with Gasteiger partial charge in [-0.3, -0.25) is 4.79 Å². The van der Waals surface area contributed by atoms with Crippen molar-refractivity contribution in [3.8, 4) is 0 Å². The van der Waals surface area contributed by atoms with Gasteiger partial charge in [0, 0.05) is 0 Å². The average molecular weight is 298 g/mol. The molecule has 0 unspecified atom stereocenters. The fourth-order valence-corrected chi connectivity index (χ4v) is 2.06. The summed E-state index contributed by atoms with van der Waals surface area (Å²) in [4.78, 5) is 21.8. The second-order valence-corrected chi connectivity index (χ2v) is 4.50. The lowest BCUT2D eigenvalue weighted by molar-refractivity contribution is -0.141. The van der Waals surface area contributed by atoms with Crippen LogP contribution in [0.5, 0.6) is 0 Å². The molecule has 0 radical (unpaired) electrons. The number of carbonyl (C=O) groups is 2. The molecule has 0 saturated heterocycles. The number of aromatic nitrogens is 4. The number of aromatic carboxylic acids is 1. The predicted octanol–water partition coefficient (Wildman–Crippen LogP) is 0.430. The van der Waals surface area contributed by atoms with Crippen molar-refractivity contribution in [2.75, 3.05) is 7.11 Å². The van der Waals surface area contributed by atoms with Gasteiger partial charge in [-0.1, -0.05) is 11.8 Å². The van der Waals surface area contributed by atoms with E-state index in [0.29, 0.717) is 16.7 Å². The third kappa shape index (κ3) is 3.35. The molecule has 0 aliphatic rings. The lowest BCUT2D eigenvalue weighted by Crippen LogP contribution is -2.13. The van der Waals surface area contributed by atoms with Crippen molar-refractivity contribution in [3.63, 3.8) is 0 Å². The number of hydrogen-bond donors (Lipinski definition) is 1. The van der Waals surface area contributed by atoms with Crippen LogP contribution in [-0.2, 0) is 21.8 Å². The molecule has 1 N–H and O–H groups in total. The molecule has 106 valence electrons. The van der Waals surface area contributed by atoms with Crippen LogP contribution in [-0.4, -0.2) is 44.4 Å². The molecule has 10 heteroatoms. The molecule has 2 rings (SSSR count). The minimum Gasteiger partial charge on any atom is -0.475 e. The van der Waals surface area contributed by atoms with Gasteiger partial charge in [-0.2, -0.15) is 0 Å². The molecule has 0 aliphatic carbocycles. The molecule has 0 atom stereocenters. The van der Waals surface area contributed by atoms with Crippen molar-refractivity contribution in [2.45, 2.75) is 17.5 Å². The predicted molar refractivity (Wildman–Crippen MR) is 65.1 cm³/mol. The van der Waals surface area contributed by atoms with E-state index >= 15 is 0 Å². The molecule has 2 aromatic heterocycles. The number of methoxy groups -OCH3 is 1. The first kappa shape index (κ1) is 14.1. The number of carboxylic acid groups (broad SMARTS) is 1. The lowest BCUT2D eigenvalue weighted by atomic mass is 10.4. The first-order chi connectivity index (χ1) is 9.60. The van der Waals surface area contributed by atoms with E-state index in [1.165, 1.54) is 29.6 Å². The fraction of sp³-hybridized carbons (Fsp3) is 0.300. The molecule has 0 saturated carbocycles. The summed E-state index contributed by atoms with van der Waals surface area (Å²) in [6.07, 6.45) is 0. The summed E-state index contributed by atoms with van der Waals surface area (Å²) in [6, 6.07) is 2.93. The molecular formula is C10H10N4O5S. The number of furan rings is 1. The van der Waals surface area contributed by atoms with Gasteiger partial charge in [0.05, 0.1) is 12.9 Å². The number of thioether (sulfide) groups is 1. The molecule has 2 heterocycles. The van der Waals surface area contributed by atoms with Crippen molar-refractivity contribution < 1.29 is 23.8 Å². The quantitative estimate of drug-likeness (QED) is 0.597. The normalized spacial score (nSPS) is 10.4. The van der Waals surface area contributed by atoms with Crippen LogP contribution >= 0.6 is 11.8 Å². The third-order valence-electron chi connectivity index (χ3n) is 2.22. The van der Waals surface area contributed by atoms with Crippen molar-refractivity contribution >= 4 is 23.7 Å². The topological polar surface area (TPSA) is 120 Å². The van der Waals surface area contributed by atoms with Gasteiger partial charge in [-0.15, -0.1) is 5.10 Å². The molecule has 2 aromatic rings. The van der Waals surface area contributed by atoms with Gasteiger partial charge in [0.2, 0.25) is 10.9 Å². The highest BCUT2D eigenvalue weighted by molar-refractivity contribution is 7.98. The molecule has 0 aliphatic heterocycles. The lowest BCUT2D eigenvalue weighted by Gasteiger charge is -2.01. The summed E-state index contributed by atoms with van der Waals surface area (Å²) in [5.41, 5.74) is 0. The summed E-state index contributed by atoms with van der Waals surface area (Å²) >= 11 is 1.22. The largest absolute Gasteiger partial charge is 0.475 e. The summed E-state index contributed by atoms with van der Waals surface area (Å²) < 4.78 is 10.9. The van der Waals surface area contributed by atoms with Gasteiger partial charge in [0.25, 0.3) is 0 Å². The van der Waals surface area contributed by atoms with Crippen LogP contribution in [0.3, 0.4) is 0 Å². The Morgan fingerprint density at radius 3 is 2.95 bits per heavy atom. The molecule has 20 heavy (non-hydrogen) atoms. The minimum atomic E-state index is -1.13. The molecule has 9 nitrogen and oxygen atoms in total. The number of rotatable bonds is 6. The maximum absolute atomic E-state index is 11.2. The Bertz CT molecular complexity index is 623. The second kappa shape index (κ2) is 6.19. The number of carboxylic acids is 1. The number of carbonyl (C=O) groups excluding carboxylic acids is 1. The van der Waals surface area contributed by atoms with Crippen molar-refractivity contribution in [3.05, 3.63) is 23.7 Å². The Kier molecular flexibility index (Phi) is 4.35. The van der Waals surface area contributed by atoms with E-state index < -0.39 is 11.9 Å². The number of hydrogen-bond acceptors (Lipinski definition) is 8. The van der Waals surface area contributed by atoms with E-state index in [9.17, 15) is 9.59 Å². The molecule has 0 aromatic carbocycles. The SMILES string of the molecule is COC(=O)Cn1nnnc1SCc1ccc(C(=O)O)o1. The summed E-state index contributed by atoms with van der Waals surface area (Å²) in [5, 5.41) is 20.0. The Balaban J connectivity index is 1.98. The van der Waals surface area contributed by atoms with E-state index in [1.807, 2.05) is 0 Å². The summed E-state index contributed by atoms with van der Waals surface area (Å²) in [5.74, 6) is -0.911. The van der Waals surface area contributed by atoms with Crippen LogP contribution < -0.4 is 0 Å².